The number of hydrogen-bond donors (Lipinski definition) is 1. The van der Waals surface area contributed by atoms with Gasteiger partial charge in [0.2, 0.25) is 5.91 Å². The minimum Gasteiger partial charge on any atom is -0.496 e. The number of hydrogen-bond acceptors (Lipinski definition) is 4. The number of rotatable bonds is 6. The van der Waals surface area contributed by atoms with Gasteiger partial charge in [-0.2, -0.15) is 26.3 Å². The molecule has 0 saturated carbocycles. The number of halogens is 6. The van der Waals surface area contributed by atoms with E-state index in [9.17, 15) is 35.9 Å². The van der Waals surface area contributed by atoms with Crippen LogP contribution in [0.3, 0.4) is 0 Å². The van der Waals surface area contributed by atoms with Crippen molar-refractivity contribution >= 4 is 17.6 Å². The molecule has 2 amide bonds. The molecule has 0 bridgehead atoms. The van der Waals surface area contributed by atoms with Crippen molar-refractivity contribution in [2.24, 2.45) is 17.1 Å². The lowest BCUT2D eigenvalue weighted by molar-refractivity contribution is -0.143. The van der Waals surface area contributed by atoms with E-state index in [2.05, 4.69) is 13.8 Å². The van der Waals surface area contributed by atoms with Crippen molar-refractivity contribution in [1.82, 2.24) is 4.90 Å². The number of carbonyl (C=O) groups is 2. The van der Waals surface area contributed by atoms with Gasteiger partial charge >= 0.3 is 18.4 Å². The number of amides is 2. The Morgan fingerprint density at radius 2 is 1.67 bits per heavy atom. The molecule has 1 saturated heterocycles. The molecule has 1 heterocycles. The van der Waals surface area contributed by atoms with E-state index in [4.69, 9.17) is 15.2 Å². The number of nitrogens with two attached hydrogens (primary N) is 1. The van der Waals surface area contributed by atoms with Gasteiger partial charge in [-0.15, -0.1) is 0 Å². The number of allylic oxidation sites excluding steroid dienone is 1. The van der Waals surface area contributed by atoms with E-state index in [0.29, 0.717) is 50.0 Å². The highest BCUT2D eigenvalue weighted by molar-refractivity contribution is 5.79. The van der Waals surface area contributed by atoms with Gasteiger partial charge in [0, 0.05) is 18.0 Å². The summed E-state index contributed by atoms with van der Waals surface area (Å²) in [6.07, 6.45) is -8.30. The maximum Gasteiger partial charge on any atom is 0.416 e. The van der Waals surface area contributed by atoms with E-state index in [0.717, 1.165) is 34.3 Å². The number of carbonyl (C=O) groups excluding carboxylic acids is 2. The summed E-state index contributed by atoms with van der Waals surface area (Å²) in [6.45, 7) is 5.83. The fourth-order valence-corrected chi connectivity index (χ4v) is 6.83. The van der Waals surface area contributed by atoms with E-state index in [1.54, 1.807) is 14.0 Å². The third-order valence-electron chi connectivity index (χ3n) is 9.34. The van der Waals surface area contributed by atoms with Crippen molar-refractivity contribution in [2.75, 3.05) is 13.7 Å². The number of methoxy groups -OCH3 is 1. The molecule has 3 atom stereocenters. The second kappa shape index (κ2) is 11.6. The second-order valence-corrected chi connectivity index (χ2v) is 13.1. The summed E-state index contributed by atoms with van der Waals surface area (Å²) in [6, 6.07) is 4.41. The molecule has 0 aromatic heterocycles. The van der Waals surface area contributed by atoms with Crippen LogP contribution in [0.5, 0.6) is 5.75 Å². The maximum absolute atomic E-state index is 13.6. The summed E-state index contributed by atoms with van der Waals surface area (Å²) < 4.78 is 92.6. The monoisotopic (exact) mass is 638 g/mol. The zero-order valence-electron chi connectivity index (χ0n) is 25.5. The Kier molecular flexibility index (Phi) is 8.41. The van der Waals surface area contributed by atoms with E-state index in [1.165, 1.54) is 4.90 Å². The standard InChI is InChI=1S/C33H36F6N2O4/c1-17-28(21-10-23(32(34,35)36)14-24(11-21)33(37,38)39)45-30(43)41(17)16-22-15-31(2,3)8-7-25(22)26-12-20-9-19(29(40)42)6-5-18(20)13-27(26)44-4/h10-14,17,19,28H,5-9,15-16H2,1-4H3,(H2,40,42)/t17-,19?,28-/m0/s1. The fourth-order valence-electron chi connectivity index (χ4n) is 6.83. The Morgan fingerprint density at radius 1 is 1.02 bits per heavy atom. The molecule has 0 radical (unpaired) electrons. The highest BCUT2D eigenvalue weighted by Gasteiger charge is 2.44. The summed E-state index contributed by atoms with van der Waals surface area (Å²) in [7, 11) is 1.57. The first kappa shape index (κ1) is 32.7. The van der Waals surface area contributed by atoms with Gasteiger partial charge in [-0.1, -0.05) is 13.8 Å². The SMILES string of the molecule is COc1cc2c(cc1C1=C(CN3C(=O)O[C@H](c4cc(C(F)(F)F)cc(C(F)(F)F)c4)[C@@H]3C)CC(C)(C)CC1)CC(C(N)=O)CC2. The van der Waals surface area contributed by atoms with Crippen LogP contribution in [0.1, 0.15) is 85.9 Å². The predicted molar refractivity (Wildman–Crippen MR) is 154 cm³/mol. The second-order valence-electron chi connectivity index (χ2n) is 13.1. The molecule has 244 valence electrons. The molecule has 2 aliphatic carbocycles. The van der Waals surface area contributed by atoms with Gasteiger partial charge in [0.05, 0.1) is 24.3 Å². The van der Waals surface area contributed by atoms with Gasteiger partial charge in [0.15, 0.2) is 0 Å². The first-order valence-corrected chi connectivity index (χ1v) is 14.8. The topological polar surface area (TPSA) is 81.9 Å². The van der Waals surface area contributed by atoms with Crippen LogP contribution >= 0.6 is 0 Å². The predicted octanol–water partition coefficient (Wildman–Crippen LogP) is 7.87. The third-order valence-corrected chi connectivity index (χ3v) is 9.34. The number of fused-ring (bicyclic) bond motifs is 1. The van der Waals surface area contributed by atoms with Crippen molar-refractivity contribution in [1.29, 1.82) is 0 Å². The summed E-state index contributed by atoms with van der Waals surface area (Å²) >= 11 is 0. The number of nitrogens with zero attached hydrogens (tertiary/aromatic N) is 1. The Bertz CT molecular complexity index is 1510. The van der Waals surface area contributed by atoms with E-state index in [1.807, 2.05) is 12.1 Å². The molecule has 45 heavy (non-hydrogen) atoms. The van der Waals surface area contributed by atoms with Gasteiger partial charge < -0.3 is 15.2 Å². The molecule has 1 unspecified atom stereocenters. The van der Waals surface area contributed by atoms with Gasteiger partial charge in [-0.25, -0.2) is 4.79 Å². The van der Waals surface area contributed by atoms with Gasteiger partial charge in [0.1, 0.15) is 11.9 Å². The lowest BCUT2D eigenvalue weighted by Gasteiger charge is -2.36. The summed E-state index contributed by atoms with van der Waals surface area (Å²) in [5, 5.41) is 0. The molecular weight excluding hydrogens is 602 g/mol. The number of benzene rings is 2. The highest BCUT2D eigenvalue weighted by Crippen LogP contribution is 2.47. The Labute approximate surface area is 257 Å². The average molecular weight is 639 g/mol. The quantitative estimate of drug-likeness (QED) is 0.327. The van der Waals surface area contributed by atoms with Crippen molar-refractivity contribution in [3.63, 3.8) is 0 Å². The minimum absolute atomic E-state index is 0.0571. The smallest absolute Gasteiger partial charge is 0.416 e. The summed E-state index contributed by atoms with van der Waals surface area (Å²) in [5.41, 5.74) is 6.92. The molecule has 12 heteroatoms. The van der Waals surface area contributed by atoms with E-state index < -0.39 is 41.7 Å². The lowest BCUT2D eigenvalue weighted by atomic mass is 9.72. The van der Waals surface area contributed by atoms with Crippen LogP contribution in [0.4, 0.5) is 31.1 Å². The number of alkyl halides is 6. The molecule has 2 aromatic rings. The Balaban J connectivity index is 1.52. The van der Waals surface area contributed by atoms with Crippen molar-refractivity contribution in [3.05, 3.63) is 69.3 Å². The number of primary amides is 1. The van der Waals surface area contributed by atoms with E-state index in [-0.39, 0.29) is 35.4 Å². The van der Waals surface area contributed by atoms with Crippen LogP contribution in [-0.4, -0.2) is 36.6 Å². The number of ether oxygens (including phenoxy) is 2. The van der Waals surface area contributed by atoms with Crippen LogP contribution < -0.4 is 10.5 Å². The normalized spacial score (nSPS) is 23.6. The number of aryl methyl sites for hydroxylation is 1. The van der Waals surface area contributed by atoms with Crippen LogP contribution in [0.2, 0.25) is 0 Å². The fraction of sp³-hybridized carbons (Fsp3) is 0.515. The van der Waals surface area contributed by atoms with Gasteiger partial charge in [0.25, 0.3) is 0 Å². The molecular formula is C33H36F6N2O4. The Hall–Kier alpha value is -3.70. The molecule has 5 rings (SSSR count). The Morgan fingerprint density at radius 3 is 2.24 bits per heavy atom. The molecule has 2 N–H and O–H groups in total. The van der Waals surface area contributed by atoms with Crippen molar-refractivity contribution < 1.29 is 45.4 Å². The zero-order chi connectivity index (χ0) is 33.1. The van der Waals surface area contributed by atoms with Crippen molar-refractivity contribution in [3.8, 4) is 5.75 Å². The highest BCUT2D eigenvalue weighted by atomic mass is 19.4. The number of cyclic esters (lactones) is 1. The zero-order valence-corrected chi connectivity index (χ0v) is 25.5. The first-order valence-electron chi connectivity index (χ1n) is 14.8. The molecule has 1 fully saturated rings. The summed E-state index contributed by atoms with van der Waals surface area (Å²) in [4.78, 5) is 26.5. The van der Waals surface area contributed by atoms with Crippen LogP contribution in [0.25, 0.3) is 5.57 Å². The summed E-state index contributed by atoms with van der Waals surface area (Å²) in [5.74, 6) is 0.0250. The lowest BCUT2D eigenvalue weighted by Crippen LogP contribution is -2.35. The van der Waals surface area contributed by atoms with E-state index >= 15 is 0 Å². The molecule has 0 spiro atoms. The molecule has 6 nitrogen and oxygen atoms in total. The van der Waals surface area contributed by atoms with Crippen molar-refractivity contribution in [2.45, 2.75) is 83.8 Å². The third kappa shape index (κ3) is 6.65. The average Bonchev–Trinajstić information content (AvgIpc) is 3.23. The largest absolute Gasteiger partial charge is 0.496 e. The van der Waals surface area contributed by atoms with Crippen LogP contribution in [-0.2, 0) is 34.7 Å². The van der Waals surface area contributed by atoms with Gasteiger partial charge in [-0.05, 0) is 109 Å². The van der Waals surface area contributed by atoms with Crippen LogP contribution in [0.15, 0.2) is 35.9 Å². The maximum atomic E-state index is 13.6. The molecule has 2 aromatic carbocycles. The van der Waals surface area contributed by atoms with Crippen LogP contribution in [0, 0.1) is 11.3 Å². The first-order chi connectivity index (χ1) is 20.9. The molecule has 3 aliphatic rings. The van der Waals surface area contributed by atoms with Gasteiger partial charge in [-0.3, -0.25) is 9.69 Å². The molecule has 1 aliphatic heterocycles. The minimum atomic E-state index is -5.03.